The number of ether oxygens (including phenoxy) is 1. The summed E-state index contributed by atoms with van der Waals surface area (Å²) < 4.78 is 89.6. The van der Waals surface area contributed by atoms with Gasteiger partial charge >= 0.3 is 24.0 Å². The highest BCUT2D eigenvalue weighted by Gasteiger charge is 2.44. The Bertz CT molecular complexity index is 1780. The number of carbonyl (C=O) groups excluding carboxylic acids is 2. The lowest BCUT2D eigenvalue weighted by atomic mass is 10.2. The number of rotatable bonds is 13. The van der Waals surface area contributed by atoms with Crippen LogP contribution in [0.3, 0.4) is 0 Å². The van der Waals surface area contributed by atoms with Crippen molar-refractivity contribution in [3.05, 3.63) is 75.3 Å². The Balaban J connectivity index is 1.75. The van der Waals surface area contributed by atoms with Gasteiger partial charge in [0, 0.05) is 23.2 Å². The normalized spacial score (nSPS) is 12.7. The Morgan fingerprint density at radius 1 is 1.00 bits per heavy atom. The maximum atomic E-state index is 14.1. The van der Waals surface area contributed by atoms with Crippen LogP contribution in [0.25, 0.3) is 17.2 Å². The van der Waals surface area contributed by atoms with Crippen molar-refractivity contribution in [2.75, 3.05) is 6.54 Å². The third-order valence-corrected chi connectivity index (χ3v) is 6.80. The lowest BCUT2D eigenvalue weighted by Gasteiger charge is -2.21. The van der Waals surface area contributed by atoms with Gasteiger partial charge in [0.15, 0.2) is 17.5 Å². The van der Waals surface area contributed by atoms with Crippen LogP contribution in [-0.2, 0) is 28.8 Å². The zero-order valence-corrected chi connectivity index (χ0v) is 24.9. The molecule has 0 unspecified atom stereocenters. The summed E-state index contributed by atoms with van der Waals surface area (Å²) in [5.74, 6) is -4.81. The van der Waals surface area contributed by atoms with Crippen molar-refractivity contribution in [2.45, 2.75) is 57.2 Å². The van der Waals surface area contributed by atoms with Crippen LogP contribution in [0.1, 0.15) is 47.7 Å². The van der Waals surface area contributed by atoms with Crippen LogP contribution in [0.4, 0.5) is 26.3 Å². The van der Waals surface area contributed by atoms with E-state index in [1.165, 1.54) is 24.3 Å². The molecule has 0 bridgehead atoms. The predicted molar refractivity (Wildman–Crippen MR) is 152 cm³/mol. The number of pyridine rings is 1. The van der Waals surface area contributed by atoms with Crippen molar-refractivity contribution in [2.24, 2.45) is 11.5 Å². The summed E-state index contributed by atoms with van der Waals surface area (Å²) in [6, 6.07) is 7.21. The quantitative estimate of drug-likeness (QED) is 0.121. The number of nitrogens with two attached hydrogens (primary N) is 2. The molecule has 20 heteroatoms. The maximum absolute atomic E-state index is 14.1. The first-order chi connectivity index (χ1) is 22.1. The summed E-state index contributed by atoms with van der Waals surface area (Å²) in [6.45, 7) is -1.59. The Morgan fingerprint density at radius 3 is 2.32 bits per heavy atom. The van der Waals surface area contributed by atoms with E-state index in [-0.39, 0.29) is 29.3 Å². The lowest BCUT2D eigenvalue weighted by Crippen LogP contribution is -2.40. The standard InChI is InChI=1S/C27H26ClF6N9O4/c28-16-9-7-15(8-10-16)22-40-42(25(46)41(22)13-18(27(32,33)34)47-20(44)6-2-1-3-11-35)14-19-38-24(21(36)45)43(39-19)23-17(26(29,30)31)5-4-12-37-23/h4-5,7-10,12,18H,1-3,6,11,13-14,35H2,(H2,36,45)/t18-/m0/s1. The third kappa shape index (κ3) is 8.53. The van der Waals surface area contributed by atoms with Crippen molar-refractivity contribution in [3.8, 4) is 17.2 Å². The summed E-state index contributed by atoms with van der Waals surface area (Å²) >= 11 is 5.94. The molecule has 0 fully saturated rings. The molecular weight excluding hydrogens is 664 g/mol. The number of hydrogen-bond donors (Lipinski definition) is 2. The number of benzene rings is 1. The first kappa shape index (κ1) is 35.1. The molecule has 1 aromatic carbocycles. The SMILES string of the molecule is NCCCCCC(=O)O[C@@H](Cn1c(-c2ccc(Cl)cc2)nn(Cc2nc(C(N)=O)n(-c3ncccc3C(F)(F)F)n2)c1=O)C(F)(F)F. The van der Waals surface area contributed by atoms with Gasteiger partial charge in [0.1, 0.15) is 12.1 Å². The molecule has 47 heavy (non-hydrogen) atoms. The molecule has 3 heterocycles. The first-order valence-electron chi connectivity index (χ1n) is 13.8. The Labute approximate surface area is 266 Å². The molecule has 0 aliphatic rings. The highest BCUT2D eigenvalue weighted by molar-refractivity contribution is 6.30. The number of nitrogens with zero attached hydrogens (tertiary/aromatic N) is 7. The molecule has 4 aromatic rings. The average Bonchev–Trinajstić information content (AvgIpc) is 3.56. The Hall–Kier alpha value is -4.78. The van der Waals surface area contributed by atoms with E-state index in [9.17, 15) is 40.7 Å². The zero-order chi connectivity index (χ0) is 34.5. The van der Waals surface area contributed by atoms with E-state index in [4.69, 9.17) is 27.8 Å². The van der Waals surface area contributed by atoms with Gasteiger partial charge in [-0.25, -0.2) is 19.4 Å². The number of unbranched alkanes of at least 4 members (excludes halogenated alkanes) is 2. The predicted octanol–water partition coefficient (Wildman–Crippen LogP) is 3.50. The van der Waals surface area contributed by atoms with E-state index in [1.807, 2.05) is 0 Å². The number of hydrogen-bond acceptors (Lipinski definition) is 9. The van der Waals surface area contributed by atoms with Gasteiger partial charge < -0.3 is 16.2 Å². The largest absolute Gasteiger partial charge is 0.451 e. The van der Waals surface area contributed by atoms with E-state index in [0.29, 0.717) is 39.4 Å². The van der Waals surface area contributed by atoms with Gasteiger partial charge in [0.25, 0.3) is 5.91 Å². The molecule has 0 saturated carbocycles. The molecule has 0 radical (unpaired) electrons. The monoisotopic (exact) mass is 689 g/mol. The lowest BCUT2D eigenvalue weighted by molar-refractivity contribution is -0.224. The van der Waals surface area contributed by atoms with Gasteiger partial charge in [-0.2, -0.15) is 31.0 Å². The smallest absolute Gasteiger partial charge is 0.427 e. The summed E-state index contributed by atoms with van der Waals surface area (Å²) in [5.41, 5.74) is 8.41. The summed E-state index contributed by atoms with van der Waals surface area (Å²) in [6.07, 6.45) is -10.8. The Kier molecular flexibility index (Phi) is 10.7. The van der Waals surface area contributed by atoms with Crippen LogP contribution >= 0.6 is 11.6 Å². The number of alkyl halides is 6. The summed E-state index contributed by atoms with van der Waals surface area (Å²) in [7, 11) is 0. The van der Waals surface area contributed by atoms with Gasteiger partial charge in [-0.1, -0.05) is 18.0 Å². The molecule has 4 rings (SSSR count). The number of halogens is 7. The highest BCUT2D eigenvalue weighted by Crippen LogP contribution is 2.33. The van der Waals surface area contributed by atoms with Gasteiger partial charge in [-0.05, 0) is 55.8 Å². The molecule has 0 saturated heterocycles. The average molecular weight is 690 g/mol. The second-order valence-electron chi connectivity index (χ2n) is 10.0. The van der Waals surface area contributed by atoms with Crippen LogP contribution in [0.15, 0.2) is 47.4 Å². The molecule has 0 aliphatic heterocycles. The molecule has 1 atom stereocenters. The third-order valence-electron chi connectivity index (χ3n) is 6.55. The van der Waals surface area contributed by atoms with Gasteiger partial charge in [-0.15, -0.1) is 10.2 Å². The van der Waals surface area contributed by atoms with Crippen LogP contribution in [0.2, 0.25) is 5.02 Å². The molecule has 4 N–H and O–H groups in total. The second kappa shape index (κ2) is 14.3. The van der Waals surface area contributed by atoms with E-state index in [1.54, 1.807) is 0 Å². The molecule has 0 spiro atoms. The zero-order valence-electron chi connectivity index (χ0n) is 24.1. The summed E-state index contributed by atoms with van der Waals surface area (Å²) in [4.78, 5) is 45.4. The molecule has 13 nitrogen and oxygen atoms in total. The fraction of sp³-hybridized carbons (Fsp3) is 0.370. The van der Waals surface area contributed by atoms with E-state index >= 15 is 0 Å². The first-order valence-corrected chi connectivity index (χ1v) is 14.2. The minimum Gasteiger partial charge on any atom is -0.451 e. The number of primary amides is 1. The van der Waals surface area contributed by atoms with Crippen LogP contribution in [-0.4, -0.2) is 64.8 Å². The number of esters is 1. The number of aromatic nitrogens is 7. The molecule has 1 amide bonds. The molecule has 252 valence electrons. The fourth-order valence-corrected chi connectivity index (χ4v) is 4.48. The Morgan fingerprint density at radius 2 is 1.70 bits per heavy atom. The van der Waals surface area contributed by atoms with Crippen molar-refractivity contribution in [1.82, 2.24) is 34.1 Å². The van der Waals surface area contributed by atoms with Crippen LogP contribution in [0, 0.1) is 0 Å². The number of amides is 1. The second-order valence-corrected chi connectivity index (χ2v) is 10.4. The minimum absolute atomic E-state index is 0.138. The van der Waals surface area contributed by atoms with Gasteiger partial charge in [-0.3, -0.25) is 14.2 Å². The summed E-state index contributed by atoms with van der Waals surface area (Å²) in [5, 5.41) is 8.25. The van der Waals surface area contributed by atoms with Crippen LogP contribution < -0.4 is 17.2 Å². The van der Waals surface area contributed by atoms with Crippen molar-refractivity contribution in [1.29, 1.82) is 0 Å². The van der Waals surface area contributed by atoms with Crippen LogP contribution in [0.5, 0.6) is 0 Å². The molecule has 0 aliphatic carbocycles. The van der Waals surface area contributed by atoms with E-state index < -0.39 is 72.1 Å². The fourth-order valence-electron chi connectivity index (χ4n) is 4.35. The van der Waals surface area contributed by atoms with Crippen molar-refractivity contribution < 1.29 is 40.7 Å². The highest BCUT2D eigenvalue weighted by atomic mass is 35.5. The van der Waals surface area contributed by atoms with Crippen molar-refractivity contribution >= 4 is 23.5 Å². The van der Waals surface area contributed by atoms with Gasteiger partial charge in [0.2, 0.25) is 11.9 Å². The van der Waals surface area contributed by atoms with Crippen molar-refractivity contribution in [3.63, 3.8) is 0 Å². The topological polar surface area (TPSA) is 179 Å². The molecular formula is C27H26ClF6N9O4. The van der Waals surface area contributed by atoms with Gasteiger partial charge in [0.05, 0.1) is 6.54 Å². The number of carbonyl (C=O) groups is 2. The van der Waals surface area contributed by atoms with E-state index in [2.05, 4.69) is 20.2 Å². The minimum atomic E-state index is -5.10. The molecule has 3 aromatic heterocycles. The van der Waals surface area contributed by atoms with E-state index in [0.717, 1.165) is 12.3 Å². The maximum Gasteiger partial charge on any atom is 0.427 e.